The van der Waals surface area contributed by atoms with Crippen LogP contribution in [0.15, 0.2) is 77.3 Å². The lowest BCUT2D eigenvalue weighted by atomic mass is 10.0. The summed E-state index contributed by atoms with van der Waals surface area (Å²) in [5.41, 5.74) is 3.12. The summed E-state index contributed by atoms with van der Waals surface area (Å²) < 4.78 is 6.10. The molecule has 0 bridgehead atoms. The number of nitro benzene ring substituents is 1. The molecule has 0 radical (unpaired) electrons. The maximum Gasteiger partial charge on any atom is 0.339 e. The SMILES string of the molecule is Cc1cc(Br)cc2c(C(=O)OCC(=O)c3cccc([N+](=O)[O-])c3)cc(-c3ccccc3)nc12. The van der Waals surface area contributed by atoms with E-state index in [2.05, 4.69) is 15.9 Å². The van der Waals surface area contributed by atoms with E-state index in [0.717, 1.165) is 21.7 Å². The average Bonchev–Trinajstić information content (AvgIpc) is 2.82. The van der Waals surface area contributed by atoms with Gasteiger partial charge in [-0.3, -0.25) is 14.9 Å². The lowest BCUT2D eigenvalue weighted by Crippen LogP contribution is -2.15. The van der Waals surface area contributed by atoms with Crippen LogP contribution in [0.4, 0.5) is 5.69 Å². The predicted octanol–water partition coefficient (Wildman–Crippen LogP) is 5.92. The Balaban J connectivity index is 1.68. The third kappa shape index (κ3) is 4.80. The van der Waals surface area contributed by atoms with Crippen molar-refractivity contribution in [1.29, 1.82) is 0 Å². The molecule has 1 aromatic heterocycles. The second-order valence-corrected chi connectivity index (χ2v) is 8.26. The Bertz CT molecular complexity index is 1400. The number of ether oxygens (including phenoxy) is 1. The molecule has 8 heteroatoms. The number of pyridine rings is 1. The summed E-state index contributed by atoms with van der Waals surface area (Å²) in [4.78, 5) is 40.7. The number of esters is 1. The van der Waals surface area contributed by atoms with E-state index in [9.17, 15) is 19.7 Å². The van der Waals surface area contributed by atoms with Crippen LogP contribution in [-0.4, -0.2) is 28.3 Å². The minimum atomic E-state index is -0.684. The van der Waals surface area contributed by atoms with E-state index in [0.29, 0.717) is 16.6 Å². The van der Waals surface area contributed by atoms with E-state index in [1.165, 1.54) is 18.2 Å². The van der Waals surface area contributed by atoms with E-state index in [1.807, 2.05) is 43.3 Å². The van der Waals surface area contributed by atoms with Crippen molar-refractivity contribution in [2.75, 3.05) is 6.61 Å². The summed E-state index contributed by atoms with van der Waals surface area (Å²) in [7, 11) is 0. The van der Waals surface area contributed by atoms with Gasteiger partial charge in [-0.1, -0.05) is 58.4 Å². The van der Waals surface area contributed by atoms with Gasteiger partial charge in [-0.2, -0.15) is 0 Å². The molecule has 3 aromatic carbocycles. The van der Waals surface area contributed by atoms with Gasteiger partial charge in [0.25, 0.3) is 5.69 Å². The van der Waals surface area contributed by atoms with Crippen molar-refractivity contribution in [3.05, 3.63) is 104 Å². The van der Waals surface area contributed by atoms with Crippen molar-refractivity contribution in [1.82, 2.24) is 4.98 Å². The Hall–Kier alpha value is -3.91. The number of hydrogen-bond acceptors (Lipinski definition) is 6. The molecule has 0 atom stereocenters. The van der Waals surface area contributed by atoms with Crippen molar-refractivity contribution in [2.45, 2.75) is 6.92 Å². The number of nitro groups is 1. The quantitative estimate of drug-likeness (QED) is 0.140. The van der Waals surface area contributed by atoms with Crippen molar-refractivity contribution >= 4 is 44.3 Å². The molecule has 7 nitrogen and oxygen atoms in total. The fraction of sp³-hybridized carbons (Fsp3) is 0.0800. The molecule has 4 rings (SSSR count). The van der Waals surface area contributed by atoms with Crippen LogP contribution in [0.1, 0.15) is 26.3 Å². The van der Waals surface area contributed by atoms with Gasteiger partial charge >= 0.3 is 5.97 Å². The van der Waals surface area contributed by atoms with Crippen LogP contribution in [0.3, 0.4) is 0 Å². The number of rotatable bonds is 6. The molecule has 33 heavy (non-hydrogen) atoms. The second-order valence-electron chi connectivity index (χ2n) is 7.35. The van der Waals surface area contributed by atoms with Crippen molar-refractivity contribution in [2.24, 2.45) is 0 Å². The number of carbonyl (C=O) groups is 2. The molecule has 0 aliphatic rings. The van der Waals surface area contributed by atoms with E-state index in [4.69, 9.17) is 9.72 Å². The number of hydrogen-bond donors (Lipinski definition) is 0. The van der Waals surface area contributed by atoms with Crippen LogP contribution in [0.25, 0.3) is 22.2 Å². The molecule has 0 aliphatic heterocycles. The lowest BCUT2D eigenvalue weighted by molar-refractivity contribution is -0.384. The van der Waals surface area contributed by atoms with Crippen LogP contribution < -0.4 is 0 Å². The average molecular weight is 505 g/mol. The second kappa shape index (κ2) is 9.30. The molecule has 1 heterocycles. The Morgan fingerprint density at radius 1 is 1.03 bits per heavy atom. The van der Waals surface area contributed by atoms with Gasteiger partial charge in [0.1, 0.15) is 0 Å². The Morgan fingerprint density at radius 2 is 1.79 bits per heavy atom. The number of Topliss-reactive ketones (excluding diaryl/α,β-unsaturated/α-hetero) is 1. The first kappa shape index (κ1) is 22.3. The summed E-state index contributed by atoms with van der Waals surface area (Å²) in [5.74, 6) is -1.22. The van der Waals surface area contributed by atoms with Gasteiger partial charge in [0, 0.05) is 33.1 Å². The molecule has 0 saturated carbocycles. The number of aromatic nitrogens is 1. The Labute approximate surface area is 197 Å². The smallest absolute Gasteiger partial charge is 0.339 e. The van der Waals surface area contributed by atoms with E-state index in [1.54, 1.807) is 12.1 Å². The number of halogens is 1. The summed E-state index contributed by atoms with van der Waals surface area (Å²) in [5, 5.41) is 11.5. The molecule has 0 spiro atoms. The molecule has 0 fully saturated rings. The van der Waals surface area contributed by atoms with Gasteiger partial charge in [0.05, 0.1) is 21.7 Å². The first-order valence-corrected chi connectivity index (χ1v) is 10.7. The molecule has 164 valence electrons. The number of fused-ring (bicyclic) bond motifs is 1. The normalized spacial score (nSPS) is 10.7. The highest BCUT2D eigenvalue weighted by Crippen LogP contribution is 2.30. The van der Waals surface area contributed by atoms with Crippen LogP contribution in [-0.2, 0) is 4.74 Å². The highest BCUT2D eigenvalue weighted by molar-refractivity contribution is 9.10. The summed E-state index contributed by atoms with van der Waals surface area (Å²) >= 11 is 3.45. The van der Waals surface area contributed by atoms with Gasteiger partial charge in [-0.25, -0.2) is 9.78 Å². The highest BCUT2D eigenvalue weighted by Gasteiger charge is 2.19. The Kier molecular flexibility index (Phi) is 6.28. The molecule has 4 aromatic rings. The van der Waals surface area contributed by atoms with Gasteiger partial charge in [-0.05, 0) is 30.7 Å². The van der Waals surface area contributed by atoms with E-state index < -0.39 is 23.3 Å². The first-order chi connectivity index (χ1) is 15.8. The molecule has 0 N–H and O–H groups in total. The molecular weight excluding hydrogens is 488 g/mol. The van der Waals surface area contributed by atoms with E-state index >= 15 is 0 Å². The maximum atomic E-state index is 13.0. The van der Waals surface area contributed by atoms with Crippen molar-refractivity contribution in [3.63, 3.8) is 0 Å². The standard InChI is InChI=1S/C25H17BrN2O5/c1-15-10-18(26)12-20-21(13-22(27-24(15)20)16-6-3-2-4-7-16)25(30)33-14-23(29)17-8-5-9-19(11-17)28(31)32/h2-13H,14H2,1H3. The fourth-order valence-electron chi connectivity index (χ4n) is 3.47. The van der Waals surface area contributed by atoms with Crippen molar-refractivity contribution < 1.29 is 19.2 Å². The molecule has 0 amide bonds. The molecule has 0 unspecified atom stereocenters. The van der Waals surface area contributed by atoms with Crippen LogP contribution in [0.5, 0.6) is 0 Å². The number of benzene rings is 3. The number of aryl methyl sites for hydroxylation is 1. The number of carbonyl (C=O) groups excluding carboxylic acids is 2. The highest BCUT2D eigenvalue weighted by atomic mass is 79.9. The molecule has 0 saturated heterocycles. The van der Waals surface area contributed by atoms with Gasteiger partial charge in [0.2, 0.25) is 5.78 Å². The third-order valence-corrected chi connectivity index (χ3v) is 5.53. The van der Waals surface area contributed by atoms with Crippen LogP contribution in [0.2, 0.25) is 0 Å². The van der Waals surface area contributed by atoms with Gasteiger partial charge < -0.3 is 4.74 Å². The minimum Gasteiger partial charge on any atom is -0.454 e. The molecule has 0 aliphatic carbocycles. The van der Waals surface area contributed by atoms with Crippen molar-refractivity contribution in [3.8, 4) is 11.3 Å². The summed E-state index contributed by atoms with van der Waals surface area (Å²) in [6, 6.07) is 20.1. The topological polar surface area (TPSA) is 99.4 Å². The minimum absolute atomic E-state index is 0.0974. The predicted molar refractivity (Wildman–Crippen MR) is 127 cm³/mol. The van der Waals surface area contributed by atoms with E-state index in [-0.39, 0.29) is 16.8 Å². The van der Waals surface area contributed by atoms with Gasteiger partial charge in [-0.15, -0.1) is 0 Å². The first-order valence-electron chi connectivity index (χ1n) is 9.94. The number of nitrogens with zero attached hydrogens (tertiary/aromatic N) is 2. The Morgan fingerprint density at radius 3 is 2.52 bits per heavy atom. The number of non-ortho nitro benzene ring substituents is 1. The lowest BCUT2D eigenvalue weighted by Gasteiger charge is -2.12. The monoisotopic (exact) mass is 504 g/mol. The summed E-state index contributed by atoms with van der Waals surface area (Å²) in [6.07, 6.45) is 0. The fourth-order valence-corrected chi connectivity index (χ4v) is 4.04. The third-order valence-electron chi connectivity index (χ3n) is 5.07. The van der Waals surface area contributed by atoms with Gasteiger partial charge in [0.15, 0.2) is 6.61 Å². The summed E-state index contributed by atoms with van der Waals surface area (Å²) in [6.45, 7) is 1.35. The van der Waals surface area contributed by atoms with Crippen LogP contribution in [0, 0.1) is 17.0 Å². The zero-order chi connectivity index (χ0) is 23.5. The largest absolute Gasteiger partial charge is 0.454 e. The zero-order valence-electron chi connectivity index (χ0n) is 17.4. The maximum absolute atomic E-state index is 13.0. The molecular formula is C25H17BrN2O5. The number of ketones is 1. The van der Waals surface area contributed by atoms with Crippen LogP contribution >= 0.6 is 15.9 Å². The zero-order valence-corrected chi connectivity index (χ0v) is 19.0.